The van der Waals surface area contributed by atoms with Crippen molar-refractivity contribution in [1.82, 2.24) is 5.32 Å². The van der Waals surface area contributed by atoms with E-state index in [1.165, 1.54) is 5.56 Å². The van der Waals surface area contributed by atoms with Gasteiger partial charge in [-0.15, -0.1) is 0 Å². The van der Waals surface area contributed by atoms with E-state index in [0.717, 1.165) is 35.0 Å². The van der Waals surface area contributed by atoms with E-state index in [-0.39, 0.29) is 13.1 Å². The number of rotatable bonds is 5. The van der Waals surface area contributed by atoms with Crippen molar-refractivity contribution in [1.29, 1.82) is 0 Å². The van der Waals surface area contributed by atoms with Gasteiger partial charge in [0.05, 0.1) is 11.4 Å². The molecule has 5 nitrogen and oxygen atoms in total. The highest BCUT2D eigenvalue weighted by molar-refractivity contribution is 7.80. The fourth-order valence-corrected chi connectivity index (χ4v) is 3.04. The van der Waals surface area contributed by atoms with Gasteiger partial charge in [0.1, 0.15) is 0 Å². The van der Waals surface area contributed by atoms with Gasteiger partial charge in [-0.2, -0.15) is 0 Å². The second-order valence-corrected chi connectivity index (χ2v) is 6.46. The highest BCUT2D eigenvalue weighted by Crippen LogP contribution is 2.36. The molecule has 0 fully saturated rings. The number of nitrogens with one attached hydrogen (secondary N) is 1. The Morgan fingerprint density at radius 1 is 1.00 bits per heavy atom. The van der Waals surface area contributed by atoms with Crippen LogP contribution < -0.4 is 24.3 Å². The summed E-state index contributed by atoms with van der Waals surface area (Å²) in [5.74, 6) is 3.13. The van der Waals surface area contributed by atoms with Crippen LogP contribution in [0.15, 0.2) is 36.4 Å². The first-order chi connectivity index (χ1) is 12.2. The lowest BCUT2D eigenvalue weighted by Gasteiger charge is -2.13. The molecule has 0 spiro atoms. The average molecular weight is 357 g/mol. The van der Waals surface area contributed by atoms with Crippen molar-refractivity contribution in [2.75, 3.05) is 6.79 Å². The molecular weight excluding hydrogens is 338 g/mol. The van der Waals surface area contributed by atoms with Crippen LogP contribution in [0.2, 0.25) is 0 Å². The van der Waals surface area contributed by atoms with Crippen LogP contribution in [0.25, 0.3) is 0 Å². The predicted molar refractivity (Wildman–Crippen MR) is 97.5 cm³/mol. The Bertz CT molecular complexity index is 808. The Hall–Kier alpha value is -2.47. The Kier molecular flexibility index (Phi) is 4.36. The first-order valence-electron chi connectivity index (χ1n) is 8.33. The van der Waals surface area contributed by atoms with Gasteiger partial charge in [-0.05, 0) is 41.8 Å². The molecule has 1 unspecified atom stereocenters. The molecule has 0 bridgehead atoms. The largest absolute Gasteiger partial charge is 0.454 e. The summed E-state index contributed by atoms with van der Waals surface area (Å²) in [4.78, 5) is 0.700. The van der Waals surface area contributed by atoms with Gasteiger partial charge in [-0.3, -0.25) is 0 Å². The summed E-state index contributed by atoms with van der Waals surface area (Å²) < 4.78 is 22.3. The van der Waals surface area contributed by atoms with Crippen LogP contribution in [0.3, 0.4) is 0 Å². The molecule has 0 radical (unpaired) electrons. The van der Waals surface area contributed by atoms with Gasteiger partial charge in [0.15, 0.2) is 23.0 Å². The molecule has 0 saturated heterocycles. The molecule has 2 heterocycles. The lowest BCUT2D eigenvalue weighted by Crippen LogP contribution is -2.29. The normalized spacial score (nSPS) is 16.8. The minimum Gasteiger partial charge on any atom is -0.454 e. The Morgan fingerprint density at radius 3 is 2.60 bits per heavy atom. The minimum absolute atomic E-state index is 0.279. The number of hydrogen-bond acceptors (Lipinski definition) is 5. The first-order valence-corrected chi connectivity index (χ1v) is 8.73. The van der Waals surface area contributed by atoms with E-state index in [0.29, 0.717) is 18.0 Å². The smallest absolute Gasteiger partial charge is 0.247 e. The molecule has 1 atom stereocenters. The van der Waals surface area contributed by atoms with E-state index < -0.39 is 0 Å². The van der Waals surface area contributed by atoms with E-state index in [4.69, 9.17) is 31.2 Å². The lowest BCUT2D eigenvalue weighted by atomic mass is 10.1. The number of thiocarbonyl (C=S) groups is 1. The van der Waals surface area contributed by atoms with Gasteiger partial charge in [0.2, 0.25) is 13.1 Å². The molecule has 2 aromatic rings. The minimum atomic E-state index is -0.376. The van der Waals surface area contributed by atoms with Gasteiger partial charge in [0.25, 0.3) is 0 Å². The molecule has 25 heavy (non-hydrogen) atoms. The summed E-state index contributed by atoms with van der Waals surface area (Å²) in [5, 5.41) is 3.24. The summed E-state index contributed by atoms with van der Waals surface area (Å²) >= 11 is 5.42. The Morgan fingerprint density at radius 2 is 1.72 bits per heavy atom. The van der Waals surface area contributed by atoms with Crippen molar-refractivity contribution >= 4 is 17.2 Å². The monoisotopic (exact) mass is 357 g/mol. The van der Waals surface area contributed by atoms with Crippen LogP contribution in [0.5, 0.6) is 23.0 Å². The Balaban J connectivity index is 1.30. The van der Waals surface area contributed by atoms with Crippen molar-refractivity contribution in [2.24, 2.45) is 0 Å². The average Bonchev–Trinajstić information content (AvgIpc) is 3.24. The molecule has 2 aromatic carbocycles. The maximum atomic E-state index is 5.85. The van der Waals surface area contributed by atoms with Gasteiger partial charge in [-0.25, -0.2) is 0 Å². The van der Waals surface area contributed by atoms with Crippen molar-refractivity contribution in [3.8, 4) is 23.0 Å². The lowest BCUT2D eigenvalue weighted by molar-refractivity contribution is 0.0565. The fraction of sp³-hybridized carbons (Fsp3) is 0.316. The standard InChI is InChI=1S/C19H19NO4S/c1-2-12-3-6-15-17(7-12)24-19(23-15)9-18(25)20-10-13-4-5-14-16(8-13)22-11-21-14/h3-8,19H,2,9-11H2,1H3,(H,20,25). The summed E-state index contributed by atoms with van der Waals surface area (Å²) in [5.41, 5.74) is 2.31. The van der Waals surface area contributed by atoms with Crippen molar-refractivity contribution < 1.29 is 18.9 Å². The van der Waals surface area contributed by atoms with Gasteiger partial charge in [-0.1, -0.05) is 31.3 Å². The molecule has 4 rings (SSSR count). The number of benzene rings is 2. The quantitative estimate of drug-likeness (QED) is 0.826. The molecule has 0 aromatic heterocycles. The second-order valence-electron chi connectivity index (χ2n) is 5.97. The third-order valence-electron chi connectivity index (χ3n) is 4.21. The molecule has 0 amide bonds. The number of aryl methyl sites for hydroxylation is 1. The highest BCUT2D eigenvalue weighted by Gasteiger charge is 2.25. The first kappa shape index (κ1) is 16.0. The van der Waals surface area contributed by atoms with Crippen LogP contribution in [-0.2, 0) is 13.0 Å². The third kappa shape index (κ3) is 3.49. The molecule has 0 aliphatic carbocycles. The van der Waals surface area contributed by atoms with Crippen LogP contribution in [-0.4, -0.2) is 18.1 Å². The van der Waals surface area contributed by atoms with Crippen molar-refractivity contribution in [3.05, 3.63) is 47.5 Å². The van der Waals surface area contributed by atoms with Crippen molar-refractivity contribution in [2.45, 2.75) is 32.6 Å². The second kappa shape index (κ2) is 6.80. The summed E-state index contributed by atoms with van der Waals surface area (Å²) in [6.45, 7) is 3.01. The molecule has 2 aliphatic rings. The maximum Gasteiger partial charge on any atom is 0.247 e. The predicted octanol–water partition coefficient (Wildman–Crippen LogP) is 3.58. The highest BCUT2D eigenvalue weighted by atomic mass is 32.1. The van der Waals surface area contributed by atoms with E-state index in [9.17, 15) is 0 Å². The molecular formula is C19H19NO4S. The topological polar surface area (TPSA) is 49.0 Å². The van der Waals surface area contributed by atoms with E-state index in [1.54, 1.807) is 0 Å². The molecule has 130 valence electrons. The van der Waals surface area contributed by atoms with Crippen LogP contribution >= 0.6 is 12.2 Å². The van der Waals surface area contributed by atoms with E-state index in [1.807, 2.05) is 30.3 Å². The Labute approximate surface area is 151 Å². The van der Waals surface area contributed by atoms with Gasteiger partial charge >= 0.3 is 0 Å². The third-order valence-corrected chi connectivity index (χ3v) is 4.52. The number of fused-ring (bicyclic) bond motifs is 2. The fourth-order valence-electron chi connectivity index (χ4n) is 2.83. The molecule has 6 heteroatoms. The zero-order chi connectivity index (χ0) is 17.2. The van der Waals surface area contributed by atoms with Crippen LogP contribution in [0.4, 0.5) is 0 Å². The summed E-state index contributed by atoms with van der Waals surface area (Å²) in [7, 11) is 0. The molecule has 0 saturated carbocycles. The molecule has 1 N–H and O–H groups in total. The zero-order valence-electron chi connectivity index (χ0n) is 13.9. The van der Waals surface area contributed by atoms with Crippen LogP contribution in [0, 0.1) is 0 Å². The maximum absolute atomic E-state index is 5.85. The summed E-state index contributed by atoms with van der Waals surface area (Å²) in [6.07, 6.45) is 1.10. The summed E-state index contributed by atoms with van der Waals surface area (Å²) in [6, 6.07) is 11.9. The van der Waals surface area contributed by atoms with Gasteiger partial charge < -0.3 is 24.3 Å². The SMILES string of the molecule is CCc1ccc2c(c1)OC(CC(=S)NCc1ccc3c(c1)OCO3)O2. The van der Waals surface area contributed by atoms with Crippen LogP contribution in [0.1, 0.15) is 24.5 Å². The van der Waals surface area contributed by atoms with E-state index in [2.05, 4.69) is 18.3 Å². The molecule has 2 aliphatic heterocycles. The number of ether oxygens (including phenoxy) is 4. The number of hydrogen-bond donors (Lipinski definition) is 1. The zero-order valence-corrected chi connectivity index (χ0v) is 14.7. The van der Waals surface area contributed by atoms with E-state index >= 15 is 0 Å². The van der Waals surface area contributed by atoms with Gasteiger partial charge in [0, 0.05) is 6.54 Å². The van der Waals surface area contributed by atoms with Crippen molar-refractivity contribution in [3.63, 3.8) is 0 Å².